The molecule has 138 valence electrons. The van der Waals surface area contributed by atoms with Crippen LogP contribution in [0.2, 0.25) is 0 Å². The van der Waals surface area contributed by atoms with E-state index in [9.17, 15) is 36.5 Å². The van der Waals surface area contributed by atoms with Crippen LogP contribution in [0, 0.1) is 15.5 Å². The number of nitrogens with one attached hydrogen (secondary N) is 1. The van der Waals surface area contributed by atoms with Crippen molar-refractivity contribution in [2.45, 2.75) is 12.4 Å². The Morgan fingerprint density at radius 1 is 1.08 bits per heavy atom. The van der Waals surface area contributed by atoms with Crippen LogP contribution in [0.15, 0.2) is 41.2 Å². The van der Waals surface area contributed by atoms with Crippen molar-refractivity contribution in [3.63, 3.8) is 0 Å². The van der Waals surface area contributed by atoms with Crippen molar-refractivity contribution in [1.82, 2.24) is 0 Å². The third kappa shape index (κ3) is 3.43. The van der Waals surface area contributed by atoms with E-state index >= 15 is 0 Å². The second-order valence-electron chi connectivity index (χ2n) is 4.97. The van der Waals surface area contributed by atoms with E-state index in [2.05, 4.69) is 5.16 Å². The van der Waals surface area contributed by atoms with E-state index in [0.29, 0.717) is 18.2 Å². The van der Waals surface area contributed by atoms with Crippen molar-refractivity contribution in [2.75, 3.05) is 0 Å². The van der Waals surface area contributed by atoms with Crippen LogP contribution in [0.5, 0.6) is 0 Å². The molecule has 0 saturated carbocycles. The standard InChI is InChI=1S/C14H7F6N3O3/c15-13(16,17)6-1-2-7(9(5-6)14(18,19)20)8-3-4-10(23(25)26)12(22-24)11(8)21/h1-5,21,24H/b21-11?,22-12-. The number of nitrogens with zero attached hydrogens (tertiary/aromatic N) is 2. The molecule has 0 bridgehead atoms. The number of halogens is 6. The first-order valence-electron chi connectivity index (χ1n) is 6.54. The summed E-state index contributed by atoms with van der Waals surface area (Å²) in [5, 5.41) is 29.9. The minimum Gasteiger partial charge on any atom is -0.410 e. The number of hydrogen-bond acceptors (Lipinski definition) is 5. The first-order valence-corrected chi connectivity index (χ1v) is 6.54. The SMILES string of the molecule is N=C1C(c2ccc(C(F)(F)F)cc2C(F)(F)F)=CC=C([N+](=O)[O-])/C1=N/O. The largest absolute Gasteiger partial charge is 0.417 e. The first kappa shape index (κ1) is 19.1. The minimum atomic E-state index is -5.19. The number of hydrogen-bond donors (Lipinski definition) is 2. The predicted octanol–water partition coefficient (Wildman–Crippen LogP) is 4.13. The van der Waals surface area contributed by atoms with Crippen LogP contribution in [0.3, 0.4) is 0 Å². The molecular weight excluding hydrogens is 372 g/mol. The van der Waals surface area contributed by atoms with Crippen molar-refractivity contribution in [2.24, 2.45) is 5.16 Å². The Morgan fingerprint density at radius 3 is 2.15 bits per heavy atom. The van der Waals surface area contributed by atoms with E-state index in [1.54, 1.807) is 0 Å². The lowest BCUT2D eigenvalue weighted by Gasteiger charge is -2.19. The zero-order chi connectivity index (χ0) is 19.9. The molecule has 0 fully saturated rings. The average Bonchev–Trinajstić information content (AvgIpc) is 2.52. The fourth-order valence-electron chi connectivity index (χ4n) is 2.24. The summed E-state index contributed by atoms with van der Waals surface area (Å²) in [4.78, 5) is 9.79. The van der Waals surface area contributed by atoms with Crippen LogP contribution in [-0.2, 0) is 12.4 Å². The smallest absolute Gasteiger partial charge is 0.410 e. The Hall–Kier alpha value is -3.18. The van der Waals surface area contributed by atoms with Gasteiger partial charge in [0.2, 0.25) is 5.71 Å². The molecule has 0 heterocycles. The molecule has 0 amide bonds. The van der Waals surface area contributed by atoms with Gasteiger partial charge in [-0.2, -0.15) is 26.3 Å². The van der Waals surface area contributed by atoms with Crippen molar-refractivity contribution in [3.05, 3.63) is 62.9 Å². The number of benzene rings is 1. The fraction of sp³-hybridized carbons (Fsp3) is 0.143. The Kier molecular flexibility index (Phi) is 4.62. The predicted molar refractivity (Wildman–Crippen MR) is 76.4 cm³/mol. The molecule has 0 aliphatic heterocycles. The van der Waals surface area contributed by atoms with Crippen LogP contribution in [0.25, 0.3) is 5.57 Å². The highest BCUT2D eigenvalue weighted by Gasteiger charge is 2.40. The molecule has 0 radical (unpaired) electrons. The second kappa shape index (κ2) is 6.28. The Labute approximate surface area is 140 Å². The van der Waals surface area contributed by atoms with E-state index < -0.39 is 56.7 Å². The average molecular weight is 379 g/mol. The first-order chi connectivity index (χ1) is 11.9. The lowest BCUT2D eigenvalue weighted by molar-refractivity contribution is -0.414. The van der Waals surface area contributed by atoms with Gasteiger partial charge in [0.25, 0.3) is 0 Å². The van der Waals surface area contributed by atoms with Crippen LogP contribution in [-0.4, -0.2) is 21.6 Å². The normalized spacial score (nSPS) is 17.2. The van der Waals surface area contributed by atoms with Crippen LogP contribution in [0.4, 0.5) is 26.3 Å². The molecule has 6 nitrogen and oxygen atoms in total. The van der Waals surface area contributed by atoms with Crippen LogP contribution < -0.4 is 0 Å². The molecule has 2 rings (SSSR count). The number of alkyl halides is 6. The van der Waals surface area contributed by atoms with Crippen molar-refractivity contribution < 1.29 is 36.5 Å². The number of oxime groups is 1. The third-order valence-electron chi connectivity index (χ3n) is 3.40. The van der Waals surface area contributed by atoms with Gasteiger partial charge in [0.15, 0.2) is 0 Å². The van der Waals surface area contributed by atoms with E-state index in [-0.39, 0.29) is 6.07 Å². The van der Waals surface area contributed by atoms with Gasteiger partial charge in [-0.1, -0.05) is 11.2 Å². The van der Waals surface area contributed by atoms with Crippen molar-refractivity contribution >= 4 is 17.0 Å². The Morgan fingerprint density at radius 2 is 1.69 bits per heavy atom. The highest BCUT2D eigenvalue weighted by atomic mass is 19.4. The molecule has 26 heavy (non-hydrogen) atoms. The summed E-state index contributed by atoms with van der Waals surface area (Å²) in [6, 6.07) is 0.777. The molecule has 1 aromatic carbocycles. The highest BCUT2D eigenvalue weighted by molar-refractivity contribution is 6.61. The fourth-order valence-corrected chi connectivity index (χ4v) is 2.24. The van der Waals surface area contributed by atoms with Gasteiger partial charge in [0, 0.05) is 11.6 Å². The summed E-state index contributed by atoms with van der Waals surface area (Å²) < 4.78 is 77.8. The quantitative estimate of drug-likeness (QED) is 0.266. The zero-order valence-electron chi connectivity index (χ0n) is 12.3. The van der Waals surface area contributed by atoms with E-state index in [1.165, 1.54) is 0 Å². The molecule has 0 saturated heterocycles. The summed E-state index contributed by atoms with van der Waals surface area (Å²) in [7, 11) is 0. The third-order valence-corrected chi connectivity index (χ3v) is 3.40. The summed E-state index contributed by atoms with van der Waals surface area (Å²) >= 11 is 0. The van der Waals surface area contributed by atoms with Gasteiger partial charge in [-0.3, -0.25) is 15.5 Å². The van der Waals surface area contributed by atoms with Gasteiger partial charge in [-0.05, 0) is 23.8 Å². The maximum Gasteiger partial charge on any atom is 0.417 e. The molecule has 0 atom stereocenters. The van der Waals surface area contributed by atoms with Crippen molar-refractivity contribution in [1.29, 1.82) is 5.41 Å². The Balaban J connectivity index is 2.72. The van der Waals surface area contributed by atoms with Gasteiger partial charge < -0.3 is 5.21 Å². The monoisotopic (exact) mass is 379 g/mol. The maximum absolute atomic E-state index is 13.2. The number of rotatable bonds is 2. The summed E-state index contributed by atoms with van der Waals surface area (Å²) in [5.74, 6) is 0. The molecule has 12 heteroatoms. The summed E-state index contributed by atoms with van der Waals surface area (Å²) in [6.45, 7) is 0. The maximum atomic E-state index is 13.2. The number of nitro groups is 1. The highest BCUT2D eigenvalue weighted by Crippen LogP contribution is 2.40. The summed E-state index contributed by atoms with van der Waals surface area (Å²) in [5.41, 5.74) is -7.32. The van der Waals surface area contributed by atoms with Gasteiger partial charge in [-0.25, -0.2) is 0 Å². The van der Waals surface area contributed by atoms with E-state index in [1.807, 2.05) is 0 Å². The van der Waals surface area contributed by atoms with Crippen LogP contribution in [0.1, 0.15) is 16.7 Å². The molecule has 0 aromatic heterocycles. The minimum absolute atomic E-state index is 0.119. The second-order valence-corrected chi connectivity index (χ2v) is 4.97. The molecule has 1 aliphatic rings. The number of allylic oxidation sites excluding steroid dienone is 4. The lowest BCUT2D eigenvalue weighted by atomic mass is 9.88. The van der Waals surface area contributed by atoms with Gasteiger partial charge in [0.05, 0.1) is 21.8 Å². The lowest BCUT2D eigenvalue weighted by Crippen LogP contribution is -2.26. The van der Waals surface area contributed by atoms with Gasteiger partial charge in [0.1, 0.15) is 0 Å². The molecule has 0 unspecified atom stereocenters. The molecular formula is C14H7F6N3O3. The zero-order valence-corrected chi connectivity index (χ0v) is 12.3. The molecule has 0 spiro atoms. The molecule has 1 aromatic rings. The summed E-state index contributed by atoms with van der Waals surface area (Å²) in [6.07, 6.45) is -8.75. The van der Waals surface area contributed by atoms with Gasteiger partial charge >= 0.3 is 18.0 Å². The Bertz CT molecular complexity index is 881. The molecule has 2 N–H and O–H groups in total. The van der Waals surface area contributed by atoms with Crippen LogP contribution >= 0.6 is 0 Å². The van der Waals surface area contributed by atoms with Gasteiger partial charge in [-0.15, -0.1) is 0 Å². The van der Waals surface area contributed by atoms with E-state index in [4.69, 9.17) is 10.6 Å². The van der Waals surface area contributed by atoms with E-state index in [0.717, 1.165) is 6.08 Å². The van der Waals surface area contributed by atoms with Crippen molar-refractivity contribution in [3.8, 4) is 0 Å². The topological polar surface area (TPSA) is 99.6 Å². The molecule has 1 aliphatic carbocycles.